The second-order valence-corrected chi connectivity index (χ2v) is 6.90. The van der Waals surface area contributed by atoms with Crippen molar-refractivity contribution in [1.82, 2.24) is 9.88 Å². The van der Waals surface area contributed by atoms with E-state index in [0.717, 1.165) is 38.9 Å². The zero-order valence-electron chi connectivity index (χ0n) is 15.2. The number of fused-ring (bicyclic) bond motifs is 1. The molecule has 0 radical (unpaired) electrons. The summed E-state index contributed by atoms with van der Waals surface area (Å²) >= 11 is 0. The van der Waals surface area contributed by atoms with E-state index in [0.29, 0.717) is 13.2 Å². The van der Waals surface area contributed by atoms with E-state index in [4.69, 9.17) is 9.47 Å². The van der Waals surface area contributed by atoms with Crippen LogP contribution in [0.4, 0.5) is 0 Å². The molecule has 5 heteroatoms. The second-order valence-electron chi connectivity index (χ2n) is 6.90. The summed E-state index contributed by atoms with van der Waals surface area (Å²) in [6, 6.07) is 10.6. The Morgan fingerprint density at radius 1 is 1.28 bits per heavy atom. The lowest BCUT2D eigenvalue weighted by Gasteiger charge is -2.39. The summed E-state index contributed by atoms with van der Waals surface area (Å²) in [5.41, 5.74) is 2.01. The highest BCUT2D eigenvalue weighted by molar-refractivity contribution is 5.80. The van der Waals surface area contributed by atoms with Crippen LogP contribution in [0.2, 0.25) is 0 Å². The van der Waals surface area contributed by atoms with Crippen molar-refractivity contribution in [2.24, 2.45) is 5.41 Å². The van der Waals surface area contributed by atoms with Crippen LogP contribution >= 0.6 is 0 Å². The average Bonchev–Trinajstić information content (AvgIpc) is 3.04. The van der Waals surface area contributed by atoms with Crippen LogP contribution in [0.5, 0.6) is 0 Å². The van der Waals surface area contributed by atoms with Crippen LogP contribution in [0, 0.1) is 5.41 Å². The first-order valence-electron chi connectivity index (χ1n) is 9.12. The molecule has 0 bridgehead atoms. The predicted octanol–water partition coefficient (Wildman–Crippen LogP) is 3.35. The lowest BCUT2D eigenvalue weighted by molar-refractivity contribution is -0.160. The summed E-state index contributed by atoms with van der Waals surface area (Å²) in [4.78, 5) is 18.4. The molecule has 25 heavy (non-hydrogen) atoms. The molecule has 1 aromatic heterocycles. The number of aromatic nitrogens is 1. The number of esters is 1. The van der Waals surface area contributed by atoms with Crippen LogP contribution in [0.3, 0.4) is 0 Å². The molecule has 1 aliphatic heterocycles. The Morgan fingerprint density at radius 2 is 2.04 bits per heavy atom. The molecule has 136 valence electrons. The highest BCUT2D eigenvalue weighted by atomic mass is 16.5. The first-order valence-corrected chi connectivity index (χ1v) is 9.12. The van der Waals surface area contributed by atoms with E-state index >= 15 is 0 Å². The van der Waals surface area contributed by atoms with Gasteiger partial charge in [0.15, 0.2) is 0 Å². The highest BCUT2D eigenvalue weighted by Crippen LogP contribution is 2.37. The molecule has 5 nitrogen and oxygen atoms in total. The molecule has 1 N–H and O–H groups in total. The maximum Gasteiger partial charge on any atom is 0.312 e. The van der Waals surface area contributed by atoms with Crippen LogP contribution in [0.15, 0.2) is 30.3 Å². The van der Waals surface area contributed by atoms with Crippen LogP contribution < -0.4 is 0 Å². The lowest BCUT2D eigenvalue weighted by Crippen LogP contribution is -2.45. The van der Waals surface area contributed by atoms with Gasteiger partial charge in [-0.25, -0.2) is 0 Å². The number of carbonyl (C=O) groups is 1. The molecule has 0 aliphatic carbocycles. The van der Waals surface area contributed by atoms with Crippen LogP contribution in [0.1, 0.15) is 31.9 Å². The second kappa shape index (κ2) is 8.02. The molecule has 0 saturated carbocycles. The van der Waals surface area contributed by atoms with Crippen molar-refractivity contribution in [3.05, 3.63) is 36.0 Å². The number of methoxy groups -OCH3 is 1. The van der Waals surface area contributed by atoms with Gasteiger partial charge in [0.25, 0.3) is 0 Å². The minimum Gasteiger partial charge on any atom is -0.466 e. The van der Waals surface area contributed by atoms with E-state index in [1.165, 1.54) is 16.6 Å². The normalized spacial score (nSPS) is 17.7. The zero-order valence-corrected chi connectivity index (χ0v) is 15.2. The van der Waals surface area contributed by atoms with Crippen molar-refractivity contribution in [2.75, 3.05) is 33.4 Å². The van der Waals surface area contributed by atoms with Gasteiger partial charge in [-0.2, -0.15) is 0 Å². The Bertz CT molecular complexity index is 669. The molecule has 0 amide bonds. The molecule has 1 aromatic carbocycles. The largest absolute Gasteiger partial charge is 0.466 e. The van der Waals surface area contributed by atoms with Crippen LogP contribution in [-0.2, 0) is 20.8 Å². The fraction of sp³-hybridized carbons (Fsp3) is 0.550. The molecule has 0 spiro atoms. The van der Waals surface area contributed by atoms with E-state index in [9.17, 15) is 4.79 Å². The van der Waals surface area contributed by atoms with Gasteiger partial charge in [-0.3, -0.25) is 9.69 Å². The minimum atomic E-state index is -0.386. The van der Waals surface area contributed by atoms with Gasteiger partial charge >= 0.3 is 5.97 Å². The van der Waals surface area contributed by atoms with Gasteiger partial charge in [-0.1, -0.05) is 18.2 Å². The third-order valence-electron chi connectivity index (χ3n) is 5.29. The molecule has 2 heterocycles. The van der Waals surface area contributed by atoms with Crippen molar-refractivity contribution in [3.63, 3.8) is 0 Å². The van der Waals surface area contributed by atoms with Crippen molar-refractivity contribution in [3.8, 4) is 0 Å². The molecular weight excluding hydrogens is 316 g/mol. The van der Waals surface area contributed by atoms with E-state index < -0.39 is 0 Å². The fourth-order valence-corrected chi connectivity index (χ4v) is 3.74. The number of benzene rings is 1. The predicted molar refractivity (Wildman–Crippen MR) is 98.4 cm³/mol. The molecule has 0 atom stereocenters. The van der Waals surface area contributed by atoms with E-state index in [1.807, 2.05) is 13.0 Å². The lowest BCUT2D eigenvalue weighted by atomic mass is 9.75. The number of likely N-dealkylation sites (tertiary alicyclic amines) is 1. The highest BCUT2D eigenvalue weighted by Gasteiger charge is 2.42. The number of aromatic amines is 1. The van der Waals surface area contributed by atoms with E-state index in [-0.39, 0.29) is 11.4 Å². The van der Waals surface area contributed by atoms with Gasteiger partial charge in [0.1, 0.15) is 0 Å². The number of hydrogen-bond donors (Lipinski definition) is 1. The Hall–Kier alpha value is -1.85. The van der Waals surface area contributed by atoms with Crippen molar-refractivity contribution < 1.29 is 14.3 Å². The Morgan fingerprint density at radius 3 is 2.72 bits per heavy atom. The Labute approximate surface area is 149 Å². The number of rotatable bonds is 7. The fourth-order valence-electron chi connectivity index (χ4n) is 3.74. The Kier molecular flexibility index (Phi) is 5.76. The number of nitrogens with zero attached hydrogens (tertiary/aromatic N) is 1. The number of piperidine rings is 1. The summed E-state index contributed by atoms with van der Waals surface area (Å²) in [7, 11) is 1.68. The monoisotopic (exact) mass is 344 g/mol. The molecule has 2 aromatic rings. The minimum absolute atomic E-state index is 0.0580. The standard InChI is InChI=1S/C20H28N2O3/c1-3-25-19(23)20(10-13-24-2)8-11-22(12-9-20)15-17-14-16-6-4-5-7-18(16)21-17/h4-7,14,21H,3,8-13,15H2,1-2H3. The summed E-state index contributed by atoms with van der Waals surface area (Å²) in [5.74, 6) is -0.0580. The van der Waals surface area contributed by atoms with Crippen molar-refractivity contribution >= 4 is 16.9 Å². The van der Waals surface area contributed by atoms with E-state index in [1.54, 1.807) is 7.11 Å². The van der Waals surface area contributed by atoms with Gasteiger partial charge in [0.05, 0.1) is 12.0 Å². The topological polar surface area (TPSA) is 54.6 Å². The third kappa shape index (κ3) is 4.05. The average molecular weight is 344 g/mol. The number of para-hydroxylation sites is 1. The molecule has 1 saturated heterocycles. The first kappa shape index (κ1) is 18.0. The summed E-state index contributed by atoms with van der Waals surface area (Å²) < 4.78 is 10.6. The number of hydrogen-bond acceptors (Lipinski definition) is 4. The van der Waals surface area contributed by atoms with Gasteiger partial charge < -0.3 is 14.5 Å². The van der Waals surface area contributed by atoms with Gasteiger partial charge in [-0.05, 0) is 56.8 Å². The molecule has 0 unspecified atom stereocenters. The van der Waals surface area contributed by atoms with E-state index in [2.05, 4.69) is 34.1 Å². The van der Waals surface area contributed by atoms with Gasteiger partial charge in [-0.15, -0.1) is 0 Å². The zero-order chi connectivity index (χ0) is 17.7. The number of ether oxygens (including phenoxy) is 2. The van der Waals surface area contributed by atoms with Crippen molar-refractivity contribution in [1.29, 1.82) is 0 Å². The van der Waals surface area contributed by atoms with Gasteiger partial charge in [0.2, 0.25) is 0 Å². The molecular formula is C20H28N2O3. The quantitative estimate of drug-likeness (QED) is 0.783. The summed E-state index contributed by atoms with van der Waals surface area (Å²) in [6.07, 6.45) is 2.40. The third-order valence-corrected chi connectivity index (χ3v) is 5.29. The molecule has 3 rings (SSSR count). The molecule has 1 aliphatic rings. The maximum absolute atomic E-state index is 12.5. The van der Waals surface area contributed by atoms with Crippen LogP contribution in [0.25, 0.3) is 10.9 Å². The smallest absolute Gasteiger partial charge is 0.312 e. The SMILES string of the molecule is CCOC(=O)C1(CCOC)CCN(Cc2cc3ccccc3[nH]2)CC1. The number of carbonyl (C=O) groups excluding carboxylic acids is 1. The molecule has 1 fully saturated rings. The Balaban J connectivity index is 1.63. The number of H-pyrrole nitrogens is 1. The van der Waals surface area contributed by atoms with Gasteiger partial charge in [0, 0.05) is 31.5 Å². The summed E-state index contributed by atoms with van der Waals surface area (Å²) in [6.45, 7) is 5.59. The number of nitrogens with one attached hydrogen (secondary N) is 1. The summed E-state index contributed by atoms with van der Waals surface area (Å²) in [5, 5.41) is 1.25. The maximum atomic E-state index is 12.5. The van der Waals surface area contributed by atoms with Crippen molar-refractivity contribution in [2.45, 2.75) is 32.7 Å². The first-order chi connectivity index (χ1) is 12.2. The van der Waals surface area contributed by atoms with Crippen LogP contribution in [-0.4, -0.2) is 49.3 Å².